The van der Waals surface area contributed by atoms with Gasteiger partial charge in [0.25, 0.3) is 5.91 Å². The number of halogens is 1. The van der Waals surface area contributed by atoms with Crippen molar-refractivity contribution >= 4 is 27.6 Å². The number of pyridine rings is 1. The molecule has 1 aromatic carbocycles. The number of benzene rings is 1. The van der Waals surface area contributed by atoms with Crippen molar-refractivity contribution in [2.45, 2.75) is 50.9 Å². The molecule has 1 heterocycles. The van der Waals surface area contributed by atoms with Crippen LogP contribution < -0.4 is 20.7 Å². The molecule has 0 radical (unpaired) electrons. The van der Waals surface area contributed by atoms with Crippen LogP contribution in [0.5, 0.6) is 0 Å². The third-order valence-corrected chi connectivity index (χ3v) is 8.90. The fraction of sp³-hybridized carbons (Fsp3) is 0.538. The molecule has 2 aromatic rings. The summed E-state index contributed by atoms with van der Waals surface area (Å²) < 4.78 is 47.3. The summed E-state index contributed by atoms with van der Waals surface area (Å²) in [5.41, 5.74) is 6.92. The fourth-order valence-electron chi connectivity index (χ4n) is 4.07. The first kappa shape index (κ1) is 28.8. The topological polar surface area (TPSA) is 127 Å². The smallest absolute Gasteiger partial charge is 0.254 e. The lowest BCUT2D eigenvalue weighted by molar-refractivity contribution is 0.0909. The summed E-state index contributed by atoms with van der Waals surface area (Å²) in [7, 11) is -1.14. The van der Waals surface area contributed by atoms with Gasteiger partial charge in [-0.1, -0.05) is 37.3 Å². The molecular formula is C26H38FN5O4S. The summed E-state index contributed by atoms with van der Waals surface area (Å²) in [6.45, 7) is 5.91. The van der Waals surface area contributed by atoms with E-state index >= 15 is 4.39 Å². The van der Waals surface area contributed by atoms with Gasteiger partial charge in [0.2, 0.25) is 10.0 Å². The first-order valence-electron chi connectivity index (χ1n) is 12.5. The van der Waals surface area contributed by atoms with Gasteiger partial charge in [0.15, 0.2) is 11.6 Å². The number of carbonyl (C=O) groups excluding carboxylic acids is 1. The second-order valence-corrected chi connectivity index (χ2v) is 12.5. The molecule has 204 valence electrons. The highest BCUT2D eigenvalue weighted by Crippen LogP contribution is 2.37. The number of methoxy groups -OCH3 is 1. The Morgan fingerprint density at radius 2 is 1.95 bits per heavy atom. The van der Waals surface area contributed by atoms with Crippen LogP contribution >= 0.6 is 0 Å². The Hall–Kier alpha value is -2.76. The van der Waals surface area contributed by atoms with Crippen LogP contribution in [0, 0.1) is 17.7 Å². The average Bonchev–Trinajstić information content (AvgIpc) is 3.57. The molecule has 1 aliphatic rings. The molecule has 1 aliphatic carbocycles. The minimum atomic E-state index is -3.89. The van der Waals surface area contributed by atoms with E-state index in [0.717, 1.165) is 16.3 Å². The molecule has 0 spiro atoms. The predicted octanol–water partition coefficient (Wildman–Crippen LogP) is 2.78. The summed E-state index contributed by atoms with van der Waals surface area (Å²) in [6, 6.07) is 9.68. The molecule has 9 nitrogen and oxygen atoms in total. The molecule has 3 rings (SSSR count). The Kier molecular flexibility index (Phi) is 9.49. The van der Waals surface area contributed by atoms with Gasteiger partial charge in [-0.25, -0.2) is 17.8 Å². The van der Waals surface area contributed by atoms with Crippen molar-refractivity contribution in [2.24, 2.45) is 17.6 Å². The number of carbonyl (C=O) groups is 1. The van der Waals surface area contributed by atoms with E-state index in [1.807, 2.05) is 30.3 Å². The zero-order valence-corrected chi connectivity index (χ0v) is 22.9. The molecule has 37 heavy (non-hydrogen) atoms. The number of nitrogens with two attached hydrogens (primary N) is 1. The third kappa shape index (κ3) is 7.18. The number of sulfonamides is 1. The largest absolute Gasteiger partial charge is 0.383 e. The van der Waals surface area contributed by atoms with Gasteiger partial charge in [0, 0.05) is 26.7 Å². The van der Waals surface area contributed by atoms with Crippen LogP contribution in [0.15, 0.2) is 36.4 Å². The van der Waals surface area contributed by atoms with Crippen LogP contribution in [0.25, 0.3) is 0 Å². The minimum absolute atomic E-state index is 0.184. The van der Waals surface area contributed by atoms with Crippen LogP contribution in [-0.2, 0) is 21.2 Å². The van der Waals surface area contributed by atoms with Gasteiger partial charge < -0.3 is 21.1 Å². The van der Waals surface area contributed by atoms with Crippen LogP contribution in [0.2, 0.25) is 0 Å². The number of hydrogen-bond donors (Lipinski definition) is 3. The lowest BCUT2D eigenvalue weighted by Gasteiger charge is -2.26. The zero-order valence-electron chi connectivity index (χ0n) is 22.1. The van der Waals surface area contributed by atoms with Crippen molar-refractivity contribution in [2.75, 3.05) is 36.9 Å². The standard InChI is InChI=1S/C26H38FN5O4S/c1-16(2)37(34,35)32(4)25-24(27)20(13-23(31-25)29-14-19-11-17(19)3)26(33)30-22(21(28)15-36-5)12-18-9-7-6-8-10-18/h6-10,13,16-17,19,21-22H,11-12,14-15,28H2,1-5H3,(H,29,31)(H,30,33)/t17?,19-,21+,22+/m1/s1. The van der Waals surface area contributed by atoms with Crippen LogP contribution in [0.1, 0.15) is 43.1 Å². The molecular weight excluding hydrogens is 497 g/mol. The van der Waals surface area contributed by atoms with E-state index in [1.54, 1.807) is 0 Å². The van der Waals surface area contributed by atoms with Crippen molar-refractivity contribution in [1.82, 2.24) is 10.3 Å². The number of rotatable bonds is 13. The second-order valence-electron chi connectivity index (χ2n) is 10.00. The van der Waals surface area contributed by atoms with E-state index < -0.39 is 44.9 Å². The van der Waals surface area contributed by atoms with Gasteiger partial charge in [-0.3, -0.25) is 9.10 Å². The summed E-state index contributed by atoms with van der Waals surface area (Å²) in [6.07, 6.45) is 1.47. The van der Waals surface area contributed by atoms with Crippen molar-refractivity contribution in [3.63, 3.8) is 0 Å². The number of aromatic nitrogens is 1. The van der Waals surface area contributed by atoms with Gasteiger partial charge >= 0.3 is 0 Å². The zero-order chi connectivity index (χ0) is 27.3. The molecule has 1 unspecified atom stereocenters. The average molecular weight is 536 g/mol. The Morgan fingerprint density at radius 1 is 1.30 bits per heavy atom. The number of nitrogens with one attached hydrogen (secondary N) is 2. The van der Waals surface area contributed by atoms with Crippen molar-refractivity contribution in [1.29, 1.82) is 0 Å². The predicted molar refractivity (Wildman–Crippen MR) is 144 cm³/mol. The highest BCUT2D eigenvalue weighted by atomic mass is 32.2. The summed E-state index contributed by atoms with van der Waals surface area (Å²) in [5, 5.41) is 5.18. The van der Waals surface area contributed by atoms with E-state index in [0.29, 0.717) is 24.8 Å². The highest BCUT2D eigenvalue weighted by Gasteiger charge is 2.33. The lowest BCUT2D eigenvalue weighted by Crippen LogP contribution is -2.51. The molecule has 1 amide bonds. The van der Waals surface area contributed by atoms with Gasteiger partial charge in [-0.05, 0) is 50.2 Å². The normalized spacial score (nSPS) is 18.8. The Bertz CT molecular complexity index is 1180. The number of ether oxygens (including phenoxy) is 1. The lowest BCUT2D eigenvalue weighted by atomic mass is 9.99. The Balaban J connectivity index is 1.95. The van der Waals surface area contributed by atoms with E-state index in [1.165, 1.54) is 34.1 Å². The maximum atomic E-state index is 15.7. The van der Waals surface area contributed by atoms with E-state index in [9.17, 15) is 13.2 Å². The number of anilines is 2. The fourth-order valence-corrected chi connectivity index (χ4v) is 5.06. The van der Waals surface area contributed by atoms with E-state index in [4.69, 9.17) is 10.5 Å². The molecule has 11 heteroatoms. The first-order chi connectivity index (χ1) is 17.4. The van der Waals surface area contributed by atoms with Crippen LogP contribution in [0.3, 0.4) is 0 Å². The van der Waals surface area contributed by atoms with E-state index in [2.05, 4.69) is 22.5 Å². The number of amides is 1. The van der Waals surface area contributed by atoms with Gasteiger partial charge in [0.05, 0.1) is 23.5 Å². The maximum Gasteiger partial charge on any atom is 0.254 e. The first-order valence-corrected chi connectivity index (χ1v) is 14.0. The molecule has 0 saturated heterocycles. The SMILES string of the molecule is COC[C@H](N)[C@H](Cc1ccccc1)NC(=O)c1cc(NC[C@H]2CC2C)nc(N(C)S(=O)(=O)C(C)C)c1F. The second kappa shape index (κ2) is 12.2. The quantitative estimate of drug-likeness (QED) is 0.360. The van der Waals surface area contributed by atoms with Gasteiger partial charge in [0.1, 0.15) is 5.82 Å². The van der Waals surface area contributed by atoms with Gasteiger partial charge in [-0.2, -0.15) is 0 Å². The van der Waals surface area contributed by atoms with Crippen molar-refractivity contribution in [3.05, 3.63) is 53.3 Å². The minimum Gasteiger partial charge on any atom is -0.383 e. The summed E-state index contributed by atoms with van der Waals surface area (Å²) in [5.74, 6) is -0.923. The molecule has 1 saturated carbocycles. The van der Waals surface area contributed by atoms with Crippen LogP contribution in [-0.4, -0.2) is 64.0 Å². The summed E-state index contributed by atoms with van der Waals surface area (Å²) in [4.78, 5) is 17.7. The van der Waals surface area contributed by atoms with Gasteiger partial charge in [-0.15, -0.1) is 0 Å². The van der Waals surface area contributed by atoms with Crippen molar-refractivity contribution in [3.8, 4) is 0 Å². The Morgan fingerprint density at radius 3 is 2.51 bits per heavy atom. The molecule has 4 N–H and O–H groups in total. The maximum absolute atomic E-state index is 15.7. The molecule has 0 aliphatic heterocycles. The molecule has 1 aromatic heterocycles. The number of hydrogen-bond acceptors (Lipinski definition) is 7. The highest BCUT2D eigenvalue weighted by molar-refractivity contribution is 7.93. The van der Waals surface area contributed by atoms with Crippen molar-refractivity contribution < 1.29 is 22.3 Å². The third-order valence-electron chi connectivity index (χ3n) is 6.77. The molecule has 0 bridgehead atoms. The number of nitrogens with zero attached hydrogens (tertiary/aromatic N) is 2. The van der Waals surface area contributed by atoms with Crippen LogP contribution in [0.4, 0.5) is 16.0 Å². The molecule has 4 atom stereocenters. The Labute approximate surface area is 219 Å². The van der Waals surface area contributed by atoms with E-state index in [-0.39, 0.29) is 18.0 Å². The summed E-state index contributed by atoms with van der Waals surface area (Å²) >= 11 is 0. The monoisotopic (exact) mass is 535 g/mol. The molecule has 1 fully saturated rings.